The highest BCUT2D eigenvalue weighted by molar-refractivity contribution is 7.09. The molecule has 3 rings (SSSR count). The highest BCUT2D eigenvalue weighted by atomic mass is 32.1. The number of likely N-dealkylation sites (N-methyl/N-ethyl adjacent to an activating group) is 1. The van der Waals surface area contributed by atoms with E-state index in [4.69, 9.17) is 0 Å². The molecule has 0 spiro atoms. The van der Waals surface area contributed by atoms with Crippen molar-refractivity contribution in [2.24, 2.45) is 0 Å². The SMILES string of the molecule is CCN(CC(=O)Nc1cccc2ccccc12)Cc1cccs1. The number of fused-ring (bicyclic) bond motifs is 1. The first-order valence-corrected chi connectivity index (χ1v) is 8.66. The maximum absolute atomic E-state index is 12.4. The van der Waals surface area contributed by atoms with E-state index in [0.29, 0.717) is 6.54 Å². The van der Waals surface area contributed by atoms with Crippen molar-refractivity contribution in [3.63, 3.8) is 0 Å². The van der Waals surface area contributed by atoms with Gasteiger partial charge >= 0.3 is 0 Å². The van der Waals surface area contributed by atoms with Crippen LogP contribution < -0.4 is 5.32 Å². The molecule has 1 aromatic heterocycles. The molecule has 3 nitrogen and oxygen atoms in total. The van der Waals surface area contributed by atoms with Gasteiger partial charge in [0.25, 0.3) is 0 Å². The van der Waals surface area contributed by atoms with Crippen molar-refractivity contribution in [2.75, 3.05) is 18.4 Å². The number of hydrogen-bond acceptors (Lipinski definition) is 3. The number of carbonyl (C=O) groups excluding carboxylic acids is 1. The van der Waals surface area contributed by atoms with Gasteiger partial charge in [-0.2, -0.15) is 0 Å². The predicted molar refractivity (Wildman–Crippen MR) is 97.8 cm³/mol. The molecular weight excluding hydrogens is 304 g/mol. The lowest BCUT2D eigenvalue weighted by atomic mass is 10.1. The van der Waals surface area contributed by atoms with Gasteiger partial charge in [0, 0.05) is 22.5 Å². The zero-order valence-corrected chi connectivity index (χ0v) is 14.0. The molecule has 0 aliphatic heterocycles. The van der Waals surface area contributed by atoms with Crippen LogP contribution in [-0.2, 0) is 11.3 Å². The third-order valence-electron chi connectivity index (χ3n) is 3.84. The number of hydrogen-bond donors (Lipinski definition) is 1. The Balaban J connectivity index is 1.68. The first-order valence-electron chi connectivity index (χ1n) is 7.78. The summed E-state index contributed by atoms with van der Waals surface area (Å²) in [5.74, 6) is 0.0276. The van der Waals surface area contributed by atoms with Crippen molar-refractivity contribution in [3.8, 4) is 0 Å². The number of rotatable bonds is 6. The van der Waals surface area contributed by atoms with Gasteiger partial charge in [0.2, 0.25) is 5.91 Å². The third-order valence-corrected chi connectivity index (χ3v) is 4.70. The molecular formula is C19H20N2OS. The molecule has 0 aliphatic rings. The van der Waals surface area contributed by atoms with E-state index in [-0.39, 0.29) is 5.91 Å². The Morgan fingerprint density at radius 3 is 2.70 bits per heavy atom. The maximum Gasteiger partial charge on any atom is 0.238 e. The molecule has 0 saturated heterocycles. The number of benzene rings is 2. The number of thiophene rings is 1. The Morgan fingerprint density at radius 1 is 1.09 bits per heavy atom. The second-order valence-corrected chi connectivity index (χ2v) is 6.49. The van der Waals surface area contributed by atoms with E-state index in [2.05, 4.69) is 40.7 Å². The van der Waals surface area contributed by atoms with Crippen LogP contribution in [0.25, 0.3) is 10.8 Å². The second-order valence-electron chi connectivity index (χ2n) is 5.46. The smallest absolute Gasteiger partial charge is 0.238 e. The van der Waals surface area contributed by atoms with E-state index >= 15 is 0 Å². The number of anilines is 1. The lowest BCUT2D eigenvalue weighted by Crippen LogP contribution is -2.32. The Morgan fingerprint density at radius 2 is 1.91 bits per heavy atom. The van der Waals surface area contributed by atoms with Crippen molar-refractivity contribution < 1.29 is 4.79 Å². The van der Waals surface area contributed by atoms with Crippen molar-refractivity contribution in [1.29, 1.82) is 0 Å². The highest BCUT2D eigenvalue weighted by Gasteiger charge is 2.11. The average molecular weight is 324 g/mol. The van der Waals surface area contributed by atoms with E-state index in [1.165, 1.54) is 4.88 Å². The van der Waals surface area contributed by atoms with Gasteiger partial charge < -0.3 is 5.32 Å². The fourth-order valence-electron chi connectivity index (χ4n) is 2.63. The number of amides is 1. The summed E-state index contributed by atoms with van der Waals surface area (Å²) < 4.78 is 0. The van der Waals surface area contributed by atoms with E-state index in [0.717, 1.165) is 29.5 Å². The molecule has 2 aromatic carbocycles. The van der Waals surface area contributed by atoms with Crippen LogP contribution >= 0.6 is 11.3 Å². The Hall–Kier alpha value is -2.17. The van der Waals surface area contributed by atoms with E-state index in [1.807, 2.05) is 36.4 Å². The van der Waals surface area contributed by atoms with Crippen LogP contribution in [-0.4, -0.2) is 23.9 Å². The van der Waals surface area contributed by atoms with E-state index in [1.54, 1.807) is 11.3 Å². The zero-order chi connectivity index (χ0) is 16.1. The largest absolute Gasteiger partial charge is 0.324 e. The molecule has 23 heavy (non-hydrogen) atoms. The summed E-state index contributed by atoms with van der Waals surface area (Å²) in [5, 5.41) is 7.33. The van der Waals surface area contributed by atoms with Crippen LogP contribution in [0.5, 0.6) is 0 Å². The molecule has 0 radical (unpaired) electrons. The van der Waals surface area contributed by atoms with Crippen molar-refractivity contribution in [2.45, 2.75) is 13.5 Å². The summed E-state index contributed by atoms with van der Waals surface area (Å²) in [4.78, 5) is 15.8. The average Bonchev–Trinajstić information content (AvgIpc) is 3.07. The predicted octanol–water partition coefficient (Wildman–Crippen LogP) is 4.36. The third kappa shape index (κ3) is 3.97. The Labute approximate surface area is 140 Å². The minimum absolute atomic E-state index is 0.0276. The molecule has 1 N–H and O–H groups in total. The zero-order valence-electron chi connectivity index (χ0n) is 13.2. The topological polar surface area (TPSA) is 32.3 Å². The summed E-state index contributed by atoms with van der Waals surface area (Å²) >= 11 is 1.73. The molecule has 0 unspecified atom stereocenters. The van der Waals surface area contributed by atoms with Gasteiger partial charge in [-0.1, -0.05) is 49.4 Å². The second kappa shape index (κ2) is 7.40. The van der Waals surface area contributed by atoms with E-state index in [9.17, 15) is 4.79 Å². The summed E-state index contributed by atoms with van der Waals surface area (Å²) in [6.07, 6.45) is 0. The van der Waals surface area contributed by atoms with E-state index < -0.39 is 0 Å². The van der Waals surface area contributed by atoms with Crippen LogP contribution in [0.4, 0.5) is 5.69 Å². The molecule has 4 heteroatoms. The number of carbonyl (C=O) groups is 1. The Bertz CT molecular complexity index is 778. The molecule has 118 valence electrons. The Kier molecular flexibility index (Phi) is 5.05. The minimum Gasteiger partial charge on any atom is -0.324 e. The molecule has 0 saturated carbocycles. The lowest BCUT2D eigenvalue weighted by molar-refractivity contribution is -0.117. The van der Waals surface area contributed by atoms with Crippen molar-refractivity contribution in [1.82, 2.24) is 4.90 Å². The van der Waals surface area contributed by atoms with Gasteiger partial charge in [0.15, 0.2) is 0 Å². The molecule has 3 aromatic rings. The van der Waals surface area contributed by atoms with Crippen molar-refractivity contribution in [3.05, 3.63) is 64.9 Å². The quantitative estimate of drug-likeness (QED) is 0.730. The van der Waals surface area contributed by atoms with Gasteiger partial charge in [0.05, 0.1) is 6.54 Å². The molecule has 0 atom stereocenters. The van der Waals surface area contributed by atoms with Gasteiger partial charge in [-0.3, -0.25) is 9.69 Å². The summed E-state index contributed by atoms with van der Waals surface area (Å²) in [7, 11) is 0. The monoisotopic (exact) mass is 324 g/mol. The fourth-order valence-corrected chi connectivity index (χ4v) is 3.38. The van der Waals surface area contributed by atoms with Gasteiger partial charge in [0.1, 0.15) is 0 Å². The maximum atomic E-state index is 12.4. The van der Waals surface area contributed by atoms with Gasteiger partial charge in [-0.05, 0) is 29.4 Å². The fraction of sp³-hybridized carbons (Fsp3) is 0.211. The number of nitrogens with one attached hydrogen (secondary N) is 1. The molecule has 0 fully saturated rings. The molecule has 1 heterocycles. The first kappa shape index (κ1) is 15.7. The summed E-state index contributed by atoms with van der Waals surface area (Å²) in [6, 6.07) is 18.2. The molecule has 0 bridgehead atoms. The summed E-state index contributed by atoms with van der Waals surface area (Å²) in [5.41, 5.74) is 0.875. The standard InChI is InChI=1S/C19H20N2OS/c1-2-21(13-16-9-6-12-23-16)14-19(22)20-18-11-5-8-15-7-3-4-10-17(15)18/h3-12H,2,13-14H2,1H3,(H,20,22). The molecule has 0 aliphatic carbocycles. The number of nitrogens with zero attached hydrogens (tertiary/aromatic N) is 1. The van der Waals surface area contributed by atoms with Gasteiger partial charge in [-0.25, -0.2) is 0 Å². The molecule has 1 amide bonds. The van der Waals surface area contributed by atoms with Gasteiger partial charge in [-0.15, -0.1) is 11.3 Å². The minimum atomic E-state index is 0.0276. The highest BCUT2D eigenvalue weighted by Crippen LogP contribution is 2.23. The van der Waals surface area contributed by atoms with Crippen molar-refractivity contribution >= 4 is 33.7 Å². The van der Waals surface area contributed by atoms with Crippen LogP contribution in [0.3, 0.4) is 0 Å². The summed E-state index contributed by atoms with van der Waals surface area (Å²) in [6.45, 7) is 4.15. The van der Waals surface area contributed by atoms with Crippen LogP contribution in [0.15, 0.2) is 60.0 Å². The van der Waals surface area contributed by atoms with Crippen LogP contribution in [0, 0.1) is 0 Å². The van der Waals surface area contributed by atoms with Crippen LogP contribution in [0.2, 0.25) is 0 Å². The first-order chi connectivity index (χ1) is 11.3. The van der Waals surface area contributed by atoms with Crippen LogP contribution in [0.1, 0.15) is 11.8 Å². The lowest BCUT2D eigenvalue weighted by Gasteiger charge is -2.19. The normalized spacial score (nSPS) is 11.0.